The van der Waals surface area contributed by atoms with E-state index < -0.39 is 5.97 Å². The molecular formula is C13H13BrN2O3S. The quantitative estimate of drug-likeness (QED) is 0.833. The highest BCUT2D eigenvalue weighted by Gasteiger charge is 2.11. The number of aromatic nitrogens is 2. The number of carboxylic acid groups (broad SMARTS) is 1. The Labute approximate surface area is 129 Å². The van der Waals surface area contributed by atoms with E-state index in [0.29, 0.717) is 5.16 Å². The molecule has 0 fully saturated rings. The van der Waals surface area contributed by atoms with Gasteiger partial charge in [-0.15, -0.1) is 0 Å². The second-order valence-corrected chi connectivity index (χ2v) is 5.83. The van der Waals surface area contributed by atoms with E-state index in [1.807, 2.05) is 35.9 Å². The number of aryl methyl sites for hydroxylation is 1. The largest absolute Gasteiger partial charge is 0.496 e. The van der Waals surface area contributed by atoms with Crippen LogP contribution in [0.15, 0.2) is 34.0 Å². The first-order valence-corrected chi connectivity index (χ1v) is 7.53. The van der Waals surface area contributed by atoms with Gasteiger partial charge in [0.2, 0.25) is 0 Å². The van der Waals surface area contributed by atoms with E-state index in [0.717, 1.165) is 21.6 Å². The number of thioether (sulfide) groups is 1. The number of benzene rings is 1. The number of halogens is 1. The van der Waals surface area contributed by atoms with Gasteiger partial charge in [0.15, 0.2) is 5.16 Å². The zero-order valence-corrected chi connectivity index (χ0v) is 13.4. The Balaban J connectivity index is 2.36. The molecule has 0 amide bonds. The van der Waals surface area contributed by atoms with Gasteiger partial charge in [-0.25, -0.2) is 4.98 Å². The Morgan fingerprint density at radius 2 is 2.30 bits per heavy atom. The van der Waals surface area contributed by atoms with Gasteiger partial charge in [-0.05, 0) is 41.1 Å². The summed E-state index contributed by atoms with van der Waals surface area (Å²) >= 11 is 4.63. The van der Waals surface area contributed by atoms with Crippen LogP contribution < -0.4 is 4.74 Å². The van der Waals surface area contributed by atoms with E-state index in [1.165, 1.54) is 11.8 Å². The molecule has 0 aliphatic carbocycles. The Hall–Kier alpha value is -1.47. The number of nitrogens with zero attached hydrogens (tertiary/aromatic N) is 2. The Morgan fingerprint density at radius 1 is 1.55 bits per heavy atom. The monoisotopic (exact) mass is 356 g/mol. The molecule has 0 aliphatic heterocycles. The maximum atomic E-state index is 10.7. The average Bonchev–Trinajstić information content (AvgIpc) is 2.77. The van der Waals surface area contributed by atoms with Crippen molar-refractivity contribution < 1.29 is 14.6 Å². The molecule has 7 heteroatoms. The molecule has 2 aromatic rings. The summed E-state index contributed by atoms with van der Waals surface area (Å²) in [5, 5.41) is 9.43. The average molecular weight is 357 g/mol. The lowest BCUT2D eigenvalue weighted by Crippen LogP contribution is -2.01. The van der Waals surface area contributed by atoms with E-state index in [-0.39, 0.29) is 5.75 Å². The summed E-state index contributed by atoms with van der Waals surface area (Å²) in [5.41, 5.74) is 1.73. The van der Waals surface area contributed by atoms with Gasteiger partial charge in [-0.1, -0.05) is 11.8 Å². The zero-order valence-electron chi connectivity index (χ0n) is 11.0. The maximum absolute atomic E-state index is 10.7. The van der Waals surface area contributed by atoms with Crippen LogP contribution in [0.25, 0.3) is 5.69 Å². The van der Waals surface area contributed by atoms with Crippen molar-refractivity contribution in [1.82, 2.24) is 9.55 Å². The van der Waals surface area contributed by atoms with Crippen molar-refractivity contribution in [3.05, 3.63) is 34.6 Å². The summed E-state index contributed by atoms with van der Waals surface area (Å²) in [6.45, 7) is 1.87. The third-order valence-corrected chi connectivity index (χ3v) is 4.09. The summed E-state index contributed by atoms with van der Waals surface area (Å²) in [7, 11) is 1.61. The summed E-state index contributed by atoms with van der Waals surface area (Å²) < 4.78 is 7.90. The molecule has 0 saturated carbocycles. The van der Waals surface area contributed by atoms with Crippen molar-refractivity contribution in [2.24, 2.45) is 0 Å². The van der Waals surface area contributed by atoms with Gasteiger partial charge in [0, 0.05) is 11.9 Å². The van der Waals surface area contributed by atoms with E-state index in [2.05, 4.69) is 20.9 Å². The maximum Gasteiger partial charge on any atom is 0.313 e. The zero-order chi connectivity index (χ0) is 14.7. The van der Waals surface area contributed by atoms with Crippen molar-refractivity contribution in [2.45, 2.75) is 12.1 Å². The third kappa shape index (κ3) is 3.34. The molecule has 0 unspecified atom stereocenters. The lowest BCUT2D eigenvalue weighted by molar-refractivity contribution is -0.133. The molecule has 0 bridgehead atoms. The first kappa shape index (κ1) is 14.9. The molecule has 2 rings (SSSR count). The Bertz CT molecular complexity index is 643. The fourth-order valence-electron chi connectivity index (χ4n) is 1.69. The molecule has 1 N–H and O–H groups in total. The van der Waals surface area contributed by atoms with Crippen LogP contribution in [-0.2, 0) is 4.79 Å². The molecule has 0 saturated heterocycles. The predicted molar refractivity (Wildman–Crippen MR) is 80.9 cm³/mol. The highest BCUT2D eigenvalue weighted by atomic mass is 79.9. The lowest BCUT2D eigenvalue weighted by Gasteiger charge is -2.09. The second-order valence-electron chi connectivity index (χ2n) is 4.04. The van der Waals surface area contributed by atoms with Crippen LogP contribution in [0.3, 0.4) is 0 Å². The Morgan fingerprint density at radius 3 is 2.90 bits per heavy atom. The fourth-order valence-corrected chi connectivity index (χ4v) is 2.98. The third-order valence-electron chi connectivity index (χ3n) is 2.53. The van der Waals surface area contributed by atoms with E-state index in [9.17, 15) is 4.79 Å². The topological polar surface area (TPSA) is 64.4 Å². The minimum Gasteiger partial charge on any atom is -0.496 e. The van der Waals surface area contributed by atoms with Gasteiger partial charge >= 0.3 is 5.97 Å². The van der Waals surface area contributed by atoms with Crippen molar-refractivity contribution in [1.29, 1.82) is 0 Å². The molecule has 20 heavy (non-hydrogen) atoms. The van der Waals surface area contributed by atoms with E-state index in [4.69, 9.17) is 9.84 Å². The SMILES string of the molecule is COc1ccc(-n2cc(C)nc2SCC(=O)O)cc1Br. The van der Waals surface area contributed by atoms with Gasteiger partial charge in [0.1, 0.15) is 5.75 Å². The molecule has 1 aromatic heterocycles. The van der Waals surface area contributed by atoms with Crippen molar-refractivity contribution >= 4 is 33.7 Å². The van der Waals surface area contributed by atoms with E-state index in [1.54, 1.807) is 7.11 Å². The minimum absolute atomic E-state index is 0.0201. The first-order chi connectivity index (χ1) is 9.51. The van der Waals surface area contributed by atoms with Crippen molar-refractivity contribution in [3.63, 3.8) is 0 Å². The summed E-state index contributed by atoms with van der Waals surface area (Å²) in [4.78, 5) is 15.0. The number of hydrogen-bond acceptors (Lipinski definition) is 4. The highest BCUT2D eigenvalue weighted by Crippen LogP contribution is 2.29. The summed E-state index contributed by atoms with van der Waals surface area (Å²) in [6.07, 6.45) is 1.87. The summed E-state index contributed by atoms with van der Waals surface area (Å²) in [6, 6.07) is 5.65. The molecule has 1 aromatic carbocycles. The van der Waals surface area contributed by atoms with E-state index >= 15 is 0 Å². The fraction of sp³-hybridized carbons (Fsp3) is 0.231. The molecule has 5 nitrogen and oxygen atoms in total. The van der Waals surface area contributed by atoms with Crippen LogP contribution in [0, 0.1) is 6.92 Å². The van der Waals surface area contributed by atoms with Gasteiger partial charge in [-0.2, -0.15) is 0 Å². The van der Waals surface area contributed by atoms with Crippen LogP contribution in [0.4, 0.5) is 0 Å². The van der Waals surface area contributed by atoms with Gasteiger partial charge in [0.25, 0.3) is 0 Å². The number of ether oxygens (including phenoxy) is 1. The van der Waals surface area contributed by atoms with Gasteiger partial charge in [-0.3, -0.25) is 9.36 Å². The molecule has 1 heterocycles. The smallest absolute Gasteiger partial charge is 0.313 e. The second kappa shape index (κ2) is 6.32. The number of carbonyl (C=O) groups is 1. The lowest BCUT2D eigenvalue weighted by atomic mass is 10.3. The first-order valence-electron chi connectivity index (χ1n) is 5.75. The Kier molecular flexibility index (Phi) is 4.72. The van der Waals surface area contributed by atoms with Gasteiger partial charge < -0.3 is 9.84 Å². The van der Waals surface area contributed by atoms with Crippen molar-refractivity contribution in [2.75, 3.05) is 12.9 Å². The molecular weight excluding hydrogens is 344 g/mol. The van der Waals surface area contributed by atoms with Crippen molar-refractivity contribution in [3.8, 4) is 11.4 Å². The van der Waals surface area contributed by atoms with Crippen LogP contribution in [0.5, 0.6) is 5.75 Å². The number of carboxylic acids is 1. The highest BCUT2D eigenvalue weighted by molar-refractivity contribution is 9.10. The van der Waals surface area contributed by atoms with Crippen LogP contribution in [0.1, 0.15) is 5.69 Å². The number of aliphatic carboxylic acids is 1. The number of rotatable bonds is 5. The van der Waals surface area contributed by atoms with Crippen LogP contribution in [0.2, 0.25) is 0 Å². The summed E-state index contributed by atoms with van der Waals surface area (Å²) in [5.74, 6) is -0.142. The van der Waals surface area contributed by atoms with Crippen LogP contribution >= 0.6 is 27.7 Å². The molecule has 0 spiro atoms. The number of methoxy groups -OCH3 is 1. The normalized spacial score (nSPS) is 10.6. The van der Waals surface area contributed by atoms with Gasteiger partial charge in [0.05, 0.1) is 23.0 Å². The number of imidazole rings is 1. The number of hydrogen-bond donors (Lipinski definition) is 1. The van der Waals surface area contributed by atoms with Crippen LogP contribution in [-0.4, -0.2) is 33.5 Å². The minimum atomic E-state index is -0.863. The molecule has 0 atom stereocenters. The molecule has 106 valence electrons. The molecule has 0 aliphatic rings. The standard InChI is InChI=1S/C13H13BrN2O3S/c1-8-6-16(13(15-8)20-7-12(17)18)9-3-4-11(19-2)10(14)5-9/h3-6H,7H2,1-2H3,(H,17,18). The molecule has 0 radical (unpaired) electrons. The predicted octanol–water partition coefficient (Wildman–Crippen LogP) is 3.13.